The highest BCUT2D eigenvalue weighted by molar-refractivity contribution is 5.88. The van der Waals surface area contributed by atoms with E-state index in [0.29, 0.717) is 12.2 Å². The van der Waals surface area contributed by atoms with Gasteiger partial charge in [0.05, 0.1) is 30.3 Å². The van der Waals surface area contributed by atoms with Crippen molar-refractivity contribution >= 4 is 11.7 Å². The lowest BCUT2D eigenvalue weighted by atomic mass is 10.2. The summed E-state index contributed by atoms with van der Waals surface area (Å²) in [6.07, 6.45) is 9.43. The van der Waals surface area contributed by atoms with E-state index in [1.807, 2.05) is 13.1 Å². The van der Waals surface area contributed by atoms with Gasteiger partial charge in [0.25, 0.3) is 0 Å². The van der Waals surface area contributed by atoms with Crippen LogP contribution in [0.25, 0.3) is 0 Å². The molecule has 7 nitrogen and oxygen atoms in total. The Morgan fingerprint density at radius 2 is 2.14 bits per heavy atom. The molecule has 2 amide bonds. The number of hydrogen-bond acceptors (Lipinski definition) is 4. The van der Waals surface area contributed by atoms with Gasteiger partial charge in [0.2, 0.25) is 0 Å². The summed E-state index contributed by atoms with van der Waals surface area (Å²) in [7, 11) is 0. The number of fused-ring (bicyclic) bond motifs is 1. The van der Waals surface area contributed by atoms with Gasteiger partial charge in [-0.25, -0.2) is 19.7 Å². The molecule has 2 aromatic heterocycles. The quantitative estimate of drug-likeness (QED) is 0.903. The molecule has 0 spiro atoms. The van der Waals surface area contributed by atoms with Crippen molar-refractivity contribution < 1.29 is 4.79 Å². The summed E-state index contributed by atoms with van der Waals surface area (Å²) >= 11 is 0. The van der Waals surface area contributed by atoms with Gasteiger partial charge in [-0.3, -0.25) is 0 Å². The first-order valence-corrected chi connectivity index (χ1v) is 7.65. The summed E-state index contributed by atoms with van der Waals surface area (Å²) in [5.41, 5.74) is 1.48. The lowest BCUT2D eigenvalue weighted by Crippen LogP contribution is -2.28. The molecule has 3 rings (SSSR count). The van der Waals surface area contributed by atoms with E-state index >= 15 is 0 Å². The predicted octanol–water partition coefficient (Wildman–Crippen LogP) is 1.89. The molecule has 0 fully saturated rings. The molecule has 0 radical (unpaired) electrons. The second-order valence-electron chi connectivity index (χ2n) is 5.35. The number of nitrogens with zero attached hydrogens (tertiary/aromatic N) is 4. The Hall–Kier alpha value is -2.44. The maximum Gasteiger partial charge on any atom is 0.319 e. The van der Waals surface area contributed by atoms with Crippen molar-refractivity contribution in [1.82, 2.24) is 24.8 Å². The van der Waals surface area contributed by atoms with Crippen LogP contribution in [-0.4, -0.2) is 25.6 Å². The van der Waals surface area contributed by atoms with Crippen molar-refractivity contribution in [2.45, 2.75) is 45.7 Å². The summed E-state index contributed by atoms with van der Waals surface area (Å²) in [5, 5.41) is 5.52. The summed E-state index contributed by atoms with van der Waals surface area (Å²) in [5.74, 6) is 1.88. The van der Waals surface area contributed by atoms with E-state index in [2.05, 4.69) is 30.2 Å². The third-order valence-corrected chi connectivity index (χ3v) is 3.67. The van der Waals surface area contributed by atoms with Gasteiger partial charge in [-0.2, -0.15) is 0 Å². The first-order valence-electron chi connectivity index (χ1n) is 7.65. The molecule has 116 valence electrons. The van der Waals surface area contributed by atoms with Crippen molar-refractivity contribution in [1.29, 1.82) is 0 Å². The van der Waals surface area contributed by atoms with Crippen molar-refractivity contribution in [2.75, 3.05) is 5.32 Å². The molecular weight excluding hydrogens is 280 g/mol. The standard InChI is InChI=1S/C15H20N6O/c1-2-13-16-7-11(8-17-13)20-15(22)18-9-12-10-21-6-4-3-5-14(21)19-12/h7-8,10H,2-6,9H2,1H3,(H2,18,20,22). The normalized spacial score (nSPS) is 13.5. The fourth-order valence-electron chi connectivity index (χ4n) is 2.50. The van der Waals surface area contributed by atoms with Crippen LogP contribution in [0.3, 0.4) is 0 Å². The van der Waals surface area contributed by atoms with Gasteiger partial charge >= 0.3 is 6.03 Å². The van der Waals surface area contributed by atoms with E-state index < -0.39 is 0 Å². The number of imidazole rings is 1. The summed E-state index contributed by atoms with van der Waals surface area (Å²) in [6.45, 7) is 3.43. The summed E-state index contributed by atoms with van der Waals surface area (Å²) in [4.78, 5) is 24.7. The Bertz CT molecular complexity index is 625. The number of anilines is 1. The topological polar surface area (TPSA) is 84.7 Å². The Morgan fingerprint density at radius 1 is 1.32 bits per heavy atom. The molecule has 3 heterocycles. The highest BCUT2D eigenvalue weighted by atomic mass is 16.2. The highest BCUT2D eigenvalue weighted by Crippen LogP contribution is 2.14. The van der Waals surface area contributed by atoms with Crippen molar-refractivity contribution in [2.24, 2.45) is 0 Å². The van der Waals surface area contributed by atoms with E-state index in [1.165, 1.54) is 12.8 Å². The molecule has 0 aromatic carbocycles. The maximum atomic E-state index is 11.9. The predicted molar refractivity (Wildman–Crippen MR) is 82.4 cm³/mol. The lowest BCUT2D eigenvalue weighted by Gasteiger charge is -2.11. The first kappa shape index (κ1) is 14.5. The second kappa shape index (κ2) is 6.55. The fraction of sp³-hybridized carbons (Fsp3) is 0.467. The molecule has 0 atom stereocenters. The van der Waals surface area contributed by atoms with E-state index in [1.54, 1.807) is 12.4 Å². The molecule has 1 aliphatic rings. The number of carbonyl (C=O) groups excluding carboxylic acids is 1. The number of carbonyl (C=O) groups is 1. The van der Waals surface area contributed by atoms with Crippen LogP contribution in [0.4, 0.5) is 10.5 Å². The van der Waals surface area contributed by atoms with Gasteiger partial charge in [-0.15, -0.1) is 0 Å². The minimum Gasteiger partial charge on any atom is -0.335 e. The van der Waals surface area contributed by atoms with Gasteiger partial charge in [0.15, 0.2) is 0 Å². The Balaban J connectivity index is 1.52. The van der Waals surface area contributed by atoms with Crippen LogP contribution in [0, 0.1) is 0 Å². The third-order valence-electron chi connectivity index (χ3n) is 3.67. The molecule has 2 aromatic rings. The Labute approximate surface area is 129 Å². The molecule has 0 unspecified atom stereocenters. The number of amides is 2. The number of urea groups is 1. The second-order valence-corrected chi connectivity index (χ2v) is 5.35. The number of nitrogens with one attached hydrogen (secondary N) is 2. The van der Waals surface area contributed by atoms with Crippen molar-refractivity contribution in [3.05, 3.63) is 35.9 Å². The van der Waals surface area contributed by atoms with Crippen LogP contribution in [0.2, 0.25) is 0 Å². The van der Waals surface area contributed by atoms with Gasteiger partial charge in [0, 0.05) is 25.6 Å². The molecule has 0 aliphatic carbocycles. The zero-order valence-electron chi connectivity index (χ0n) is 12.7. The zero-order chi connectivity index (χ0) is 15.4. The fourth-order valence-corrected chi connectivity index (χ4v) is 2.50. The molecular formula is C15H20N6O. The average Bonchev–Trinajstić information content (AvgIpc) is 2.96. The summed E-state index contributed by atoms with van der Waals surface area (Å²) < 4.78 is 2.18. The zero-order valence-corrected chi connectivity index (χ0v) is 12.7. The largest absolute Gasteiger partial charge is 0.335 e. The molecule has 0 saturated carbocycles. The third kappa shape index (κ3) is 3.41. The van der Waals surface area contributed by atoms with E-state index in [-0.39, 0.29) is 6.03 Å². The van der Waals surface area contributed by atoms with Crippen LogP contribution in [0.15, 0.2) is 18.6 Å². The first-order chi connectivity index (χ1) is 10.7. The number of hydrogen-bond donors (Lipinski definition) is 2. The molecule has 1 aliphatic heterocycles. The Morgan fingerprint density at radius 3 is 2.86 bits per heavy atom. The smallest absolute Gasteiger partial charge is 0.319 e. The molecule has 0 bridgehead atoms. The van der Waals surface area contributed by atoms with Crippen molar-refractivity contribution in [3.8, 4) is 0 Å². The molecule has 7 heteroatoms. The van der Waals surface area contributed by atoms with E-state index in [0.717, 1.165) is 36.7 Å². The number of rotatable bonds is 4. The maximum absolute atomic E-state index is 11.9. The van der Waals surface area contributed by atoms with Gasteiger partial charge in [-0.1, -0.05) is 6.92 Å². The van der Waals surface area contributed by atoms with Crippen molar-refractivity contribution in [3.63, 3.8) is 0 Å². The van der Waals surface area contributed by atoms with Gasteiger partial charge in [0.1, 0.15) is 11.6 Å². The molecule has 2 N–H and O–H groups in total. The van der Waals surface area contributed by atoms with Crippen LogP contribution in [0.1, 0.15) is 37.1 Å². The minimum absolute atomic E-state index is 0.279. The minimum atomic E-state index is -0.279. The van der Waals surface area contributed by atoms with Gasteiger partial charge < -0.3 is 15.2 Å². The van der Waals surface area contributed by atoms with Crippen LogP contribution >= 0.6 is 0 Å². The SMILES string of the molecule is CCc1ncc(NC(=O)NCc2cn3c(n2)CCCC3)cn1. The van der Waals surface area contributed by atoms with Crippen LogP contribution in [-0.2, 0) is 25.9 Å². The molecule has 0 saturated heterocycles. The number of aromatic nitrogens is 4. The summed E-state index contributed by atoms with van der Waals surface area (Å²) in [6, 6.07) is -0.279. The Kier molecular flexibility index (Phi) is 4.32. The van der Waals surface area contributed by atoms with Crippen LogP contribution in [0.5, 0.6) is 0 Å². The van der Waals surface area contributed by atoms with Gasteiger partial charge in [-0.05, 0) is 12.8 Å². The molecule has 22 heavy (non-hydrogen) atoms. The average molecular weight is 300 g/mol. The van der Waals surface area contributed by atoms with Crippen LogP contribution < -0.4 is 10.6 Å². The monoisotopic (exact) mass is 300 g/mol. The lowest BCUT2D eigenvalue weighted by molar-refractivity contribution is 0.251. The number of aryl methyl sites for hydroxylation is 3. The van der Waals surface area contributed by atoms with E-state index in [4.69, 9.17) is 0 Å². The highest BCUT2D eigenvalue weighted by Gasteiger charge is 2.12. The van der Waals surface area contributed by atoms with E-state index in [9.17, 15) is 4.79 Å².